The van der Waals surface area contributed by atoms with E-state index in [0.717, 1.165) is 25.7 Å². The fourth-order valence-corrected chi connectivity index (χ4v) is 3.33. The molecule has 1 amide bonds. The van der Waals surface area contributed by atoms with Crippen LogP contribution in [0.4, 0.5) is 5.69 Å². The van der Waals surface area contributed by atoms with E-state index in [9.17, 15) is 9.59 Å². The molecule has 0 atom stereocenters. The molecule has 0 unspecified atom stereocenters. The van der Waals surface area contributed by atoms with Gasteiger partial charge in [0.15, 0.2) is 11.5 Å². The Hall–Kier alpha value is -3.02. The van der Waals surface area contributed by atoms with Gasteiger partial charge in [0.1, 0.15) is 6.10 Å². The van der Waals surface area contributed by atoms with Crippen LogP contribution in [0.25, 0.3) is 0 Å². The number of esters is 1. The van der Waals surface area contributed by atoms with Gasteiger partial charge < -0.3 is 19.5 Å². The molecule has 27 heavy (non-hydrogen) atoms. The molecule has 2 aromatic carbocycles. The zero-order valence-electron chi connectivity index (χ0n) is 14.9. The summed E-state index contributed by atoms with van der Waals surface area (Å²) in [4.78, 5) is 24.6. The molecule has 4 rings (SSSR count). The molecule has 2 aliphatic rings. The molecular formula is C21H21NO5. The Morgan fingerprint density at radius 3 is 2.37 bits per heavy atom. The van der Waals surface area contributed by atoms with E-state index in [1.807, 2.05) is 0 Å². The standard InChI is InChI=1S/C21H21NO5/c23-20(15-8-11-18-19(12-15)26-13-25-18)22-16-9-6-14(7-10-16)21(24)27-17-4-2-1-3-5-17/h6-12,17H,1-5,13H2,(H,22,23). The molecule has 0 spiro atoms. The van der Waals surface area contributed by atoms with Crippen molar-refractivity contribution in [1.82, 2.24) is 0 Å². The number of carbonyl (C=O) groups excluding carboxylic acids is 2. The van der Waals surface area contributed by atoms with Gasteiger partial charge in [0.25, 0.3) is 5.91 Å². The van der Waals surface area contributed by atoms with Crippen molar-refractivity contribution in [2.75, 3.05) is 12.1 Å². The molecular weight excluding hydrogens is 346 g/mol. The Morgan fingerprint density at radius 1 is 0.889 bits per heavy atom. The minimum atomic E-state index is -0.310. The fourth-order valence-electron chi connectivity index (χ4n) is 3.33. The van der Waals surface area contributed by atoms with Gasteiger partial charge in [0.05, 0.1) is 5.56 Å². The van der Waals surface area contributed by atoms with Gasteiger partial charge in [0.2, 0.25) is 6.79 Å². The van der Waals surface area contributed by atoms with Crippen molar-refractivity contribution in [2.24, 2.45) is 0 Å². The first-order chi connectivity index (χ1) is 13.2. The average Bonchev–Trinajstić information content (AvgIpc) is 3.17. The monoisotopic (exact) mass is 367 g/mol. The second kappa shape index (κ2) is 7.70. The Morgan fingerprint density at radius 2 is 1.59 bits per heavy atom. The number of hydrogen-bond acceptors (Lipinski definition) is 5. The van der Waals surface area contributed by atoms with Crippen molar-refractivity contribution in [2.45, 2.75) is 38.2 Å². The number of rotatable bonds is 4. The van der Waals surface area contributed by atoms with Gasteiger partial charge in [-0.1, -0.05) is 6.42 Å². The van der Waals surface area contributed by atoms with Crippen molar-refractivity contribution < 1.29 is 23.8 Å². The van der Waals surface area contributed by atoms with Crippen LogP contribution in [-0.2, 0) is 4.74 Å². The van der Waals surface area contributed by atoms with E-state index in [1.54, 1.807) is 42.5 Å². The fraction of sp³-hybridized carbons (Fsp3) is 0.333. The molecule has 1 heterocycles. The number of fused-ring (bicyclic) bond motifs is 1. The summed E-state index contributed by atoms with van der Waals surface area (Å²) in [5.74, 6) is 0.622. The Bertz CT molecular complexity index is 840. The highest BCUT2D eigenvalue weighted by Gasteiger charge is 2.19. The predicted octanol–water partition coefficient (Wildman–Crippen LogP) is 4.16. The number of carbonyl (C=O) groups is 2. The van der Waals surface area contributed by atoms with Crippen molar-refractivity contribution in [3.05, 3.63) is 53.6 Å². The lowest BCUT2D eigenvalue weighted by Gasteiger charge is -2.21. The highest BCUT2D eigenvalue weighted by Crippen LogP contribution is 2.32. The van der Waals surface area contributed by atoms with Crippen molar-refractivity contribution in [3.63, 3.8) is 0 Å². The van der Waals surface area contributed by atoms with Gasteiger partial charge in [-0.25, -0.2) is 4.79 Å². The minimum Gasteiger partial charge on any atom is -0.459 e. The van der Waals surface area contributed by atoms with Crippen LogP contribution in [0.3, 0.4) is 0 Å². The molecule has 6 heteroatoms. The van der Waals surface area contributed by atoms with E-state index in [1.165, 1.54) is 6.42 Å². The first kappa shape index (κ1) is 17.4. The van der Waals surface area contributed by atoms with Crippen LogP contribution in [0, 0.1) is 0 Å². The summed E-state index contributed by atoms with van der Waals surface area (Å²) in [7, 11) is 0. The highest BCUT2D eigenvalue weighted by molar-refractivity contribution is 6.05. The topological polar surface area (TPSA) is 73.9 Å². The smallest absolute Gasteiger partial charge is 0.338 e. The van der Waals surface area contributed by atoms with Gasteiger partial charge in [-0.3, -0.25) is 4.79 Å². The summed E-state index contributed by atoms with van der Waals surface area (Å²) in [5.41, 5.74) is 1.56. The summed E-state index contributed by atoms with van der Waals surface area (Å²) in [6.45, 7) is 0.166. The van der Waals surface area contributed by atoms with Gasteiger partial charge >= 0.3 is 5.97 Å². The van der Waals surface area contributed by atoms with Crippen molar-refractivity contribution in [3.8, 4) is 11.5 Å². The molecule has 0 radical (unpaired) electrons. The minimum absolute atomic E-state index is 0.0247. The van der Waals surface area contributed by atoms with E-state index in [2.05, 4.69) is 5.32 Å². The Labute approximate surface area is 157 Å². The lowest BCUT2D eigenvalue weighted by atomic mass is 9.98. The predicted molar refractivity (Wildman–Crippen MR) is 99.2 cm³/mol. The van der Waals surface area contributed by atoms with Crippen LogP contribution >= 0.6 is 0 Å². The molecule has 1 N–H and O–H groups in total. The van der Waals surface area contributed by atoms with Crippen LogP contribution in [0.2, 0.25) is 0 Å². The summed E-state index contributed by atoms with van der Waals surface area (Å²) in [6.07, 6.45) is 5.35. The third kappa shape index (κ3) is 4.05. The molecule has 0 aromatic heterocycles. The lowest BCUT2D eigenvalue weighted by Crippen LogP contribution is -2.20. The first-order valence-electron chi connectivity index (χ1n) is 9.21. The largest absolute Gasteiger partial charge is 0.459 e. The second-order valence-electron chi connectivity index (χ2n) is 6.76. The zero-order valence-corrected chi connectivity index (χ0v) is 14.9. The van der Waals surface area contributed by atoms with E-state index >= 15 is 0 Å². The average molecular weight is 367 g/mol. The van der Waals surface area contributed by atoms with E-state index < -0.39 is 0 Å². The van der Waals surface area contributed by atoms with Crippen molar-refractivity contribution >= 4 is 17.6 Å². The van der Waals surface area contributed by atoms with Crippen LogP contribution < -0.4 is 14.8 Å². The first-order valence-corrected chi connectivity index (χ1v) is 9.21. The Kier molecular flexibility index (Phi) is 4.96. The molecule has 140 valence electrons. The van der Waals surface area contributed by atoms with Gasteiger partial charge in [-0.15, -0.1) is 0 Å². The number of anilines is 1. The third-order valence-electron chi connectivity index (χ3n) is 4.84. The summed E-state index contributed by atoms with van der Waals surface area (Å²) >= 11 is 0. The molecule has 2 aromatic rings. The molecule has 0 saturated heterocycles. The zero-order chi connectivity index (χ0) is 18.6. The maximum atomic E-state index is 12.4. The number of nitrogens with one attached hydrogen (secondary N) is 1. The van der Waals surface area contributed by atoms with Gasteiger partial charge in [-0.05, 0) is 68.1 Å². The lowest BCUT2D eigenvalue weighted by molar-refractivity contribution is 0.0211. The summed E-state index contributed by atoms with van der Waals surface area (Å²) in [5, 5.41) is 2.81. The number of ether oxygens (including phenoxy) is 3. The van der Waals surface area contributed by atoms with Gasteiger partial charge in [-0.2, -0.15) is 0 Å². The second-order valence-corrected chi connectivity index (χ2v) is 6.76. The normalized spacial score (nSPS) is 16.0. The number of hydrogen-bond donors (Lipinski definition) is 1. The van der Waals surface area contributed by atoms with Crippen LogP contribution in [0.15, 0.2) is 42.5 Å². The molecule has 1 aliphatic carbocycles. The Balaban J connectivity index is 1.37. The number of amides is 1. The maximum absolute atomic E-state index is 12.4. The third-order valence-corrected chi connectivity index (χ3v) is 4.84. The van der Waals surface area contributed by atoms with Crippen LogP contribution in [-0.4, -0.2) is 24.8 Å². The van der Waals surface area contributed by atoms with Gasteiger partial charge in [0, 0.05) is 11.3 Å². The summed E-state index contributed by atoms with van der Waals surface area (Å²) in [6, 6.07) is 11.8. The van der Waals surface area contributed by atoms with Crippen molar-refractivity contribution in [1.29, 1.82) is 0 Å². The molecule has 1 fully saturated rings. The molecule has 1 aliphatic heterocycles. The number of benzene rings is 2. The molecule has 0 bridgehead atoms. The van der Waals surface area contributed by atoms with E-state index in [0.29, 0.717) is 28.3 Å². The maximum Gasteiger partial charge on any atom is 0.338 e. The molecule has 6 nitrogen and oxygen atoms in total. The van der Waals surface area contributed by atoms with E-state index in [-0.39, 0.29) is 24.8 Å². The SMILES string of the molecule is O=C(Nc1ccc(C(=O)OC2CCCCC2)cc1)c1ccc2c(c1)OCO2. The quantitative estimate of drug-likeness (QED) is 0.822. The molecule has 1 saturated carbocycles. The van der Waals surface area contributed by atoms with Crippen LogP contribution in [0.1, 0.15) is 52.8 Å². The van der Waals surface area contributed by atoms with E-state index in [4.69, 9.17) is 14.2 Å². The van der Waals surface area contributed by atoms with Crippen LogP contribution in [0.5, 0.6) is 11.5 Å². The highest BCUT2D eigenvalue weighted by atomic mass is 16.7. The summed E-state index contributed by atoms with van der Waals surface area (Å²) < 4.78 is 16.1.